The van der Waals surface area contributed by atoms with E-state index in [0.717, 1.165) is 35.7 Å². The number of rotatable bonds is 3. The molecule has 1 amide bonds. The fourth-order valence-electron chi connectivity index (χ4n) is 2.41. The lowest BCUT2D eigenvalue weighted by atomic mass is 9.95. The van der Waals surface area contributed by atoms with Crippen molar-refractivity contribution in [3.63, 3.8) is 0 Å². The highest BCUT2D eigenvalue weighted by Crippen LogP contribution is 2.20. The largest absolute Gasteiger partial charge is 0.349 e. The smallest absolute Gasteiger partial charge is 0.262 e. The van der Waals surface area contributed by atoms with Crippen molar-refractivity contribution in [3.8, 4) is 6.07 Å². The van der Waals surface area contributed by atoms with Crippen LogP contribution in [-0.4, -0.2) is 11.9 Å². The van der Waals surface area contributed by atoms with E-state index in [4.69, 9.17) is 0 Å². The van der Waals surface area contributed by atoms with Crippen LogP contribution in [-0.2, 0) is 4.79 Å². The second-order valence-corrected chi connectivity index (χ2v) is 5.85. The Morgan fingerprint density at radius 2 is 2.00 bits per heavy atom. The van der Waals surface area contributed by atoms with E-state index in [9.17, 15) is 10.1 Å². The molecule has 1 N–H and O–H groups in total. The standard InChI is InChI=1S/C16H17BrN2O/c17-15-9-5-4-6-12(15)10-13(11-18)16(20)19-14-7-2-1-3-8-14/h4-6,9-10,14H,1-3,7-8H2,(H,19,20)/b13-10-. The van der Waals surface area contributed by atoms with Crippen LogP contribution in [0.2, 0.25) is 0 Å². The van der Waals surface area contributed by atoms with Crippen molar-refractivity contribution in [1.82, 2.24) is 5.32 Å². The normalized spacial score (nSPS) is 16.5. The average molecular weight is 333 g/mol. The Bertz CT molecular complexity index is 554. The van der Waals surface area contributed by atoms with Crippen molar-refractivity contribution in [3.05, 3.63) is 39.9 Å². The maximum atomic E-state index is 12.1. The number of hydrogen-bond acceptors (Lipinski definition) is 2. The van der Waals surface area contributed by atoms with Gasteiger partial charge >= 0.3 is 0 Å². The summed E-state index contributed by atoms with van der Waals surface area (Å²) in [5.74, 6) is -0.268. The van der Waals surface area contributed by atoms with Gasteiger partial charge in [0.25, 0.3) is 5.91 Å². The molecule has 0 saturated heterocycles. The molecule has 0 spiro atoms. The second-order valence-electron chi connectivity index (χ2n) is 5.00. The van der Waals surface area contributed by atoms with Crippen LogP contribution in [0.3, 0.4) is 0 Å². The molecule has 0 atom stereocenters. The molecular weight excluding hydrogens is 316 g/mol. The first-order valence-electron chi connectivity index (χ1n) is 6.88. The molecule has 4 heteroatoms. The zero-order valence-corrected chi connectivity index (χ0v) is 12.8. The molecule has 1 aliphatic rings. The molecule has 1 fully saturated rings. The highest BCUT2D eigenvalue weighted by atomic mass is 79.9. The number of carbonyl (C=O) groups excluding carboxylic acids is 1. The first kappa shape index (κ1) is 14.8. The van der Waals surface area contributed by atoms with E-state index in [1.165, 1.54) is 6.42 Å². The lowest BCUT2D eigenvalue weighted by Crippen LogP contribution is -2.36. The predicted molar refractivity (Wildman–Crippen MR) is 82.7 cm³/mol. The van der Waals surface area contributed by atoms with Gasteiger partial charge in [0.1, 0.15) is 11.6 Å². The summed E-state index contributed by atoms with van der Waals surface area (Å²) in [5.41, 5.74) is 0.991. The number of nitrogens with zero attached hydrogens (tertiary/aromatic N) is 1. The average Bonchev–Trinajstić information content (AvgIpc) is 2.47. The van der Waals surface area contributed by atoms with E-state index in [1.807, 2.05) is 30.3 Å². The highest BCUT2D eigenvalue weighted by Gasteiger charge is 2.18. The molecule has 1 saturated carbocycles. The Kier molecular flexibility index (Phi) is 5.37. The molecule has 0 heterocycles. The van der Waals surface area contributed by atoms with Gasteiger partial charge in [-0.1, -0.05) is 53.4 Å². The fourth-order valence-corrected chi connectivity index (χ4v) is 2.81. The van der Waals surface area contributed by atoms with Gasteiger partial charge in [0.05, 0.1) is 0 Å². The molecular formula is C16H17BrN2O. The Morgan fingerprint density at radius 3 is 2.65 bits per heavy atom. The third kappa shape index (κ3) is 3.94. The molecule has 3 nitrogen and oxygen atoms in total. The minimum absolute atomic E-state index is 0.155. The summed E-state index contributed by atoms with van der Waals surface area (Å²) in [6.45, 7) is 0. The van der Waals surface area contributed by atoms with Crippen molar-refractivity contribution in [2.45, 2.75) is 38.1 Å². The topological polar surface area (TPSA) is 52.9 Å². The van der Waals surface area contributed by atoms with Gasteiger partial charge in [0.2, 0.25) is 0 Å². The van der Waals surface area contributed by atoms with Crippen molar-refractivity contribution in [2.75, 3.05) is 0 Å². The molecule has 0 bridgehead atoms. The van der Waals surface area contributed by atoms with Gasteiger partial charge in [-0.25, -0.2) is 0 Å². The molecule has 0 aliphatic heterocycles. The van der Waals surface area contributed by atoms with Crippen molar-refractivity contribution in [1.29, 1.82) is 5.26 Å². The van der Waals surface area contributed by atoms with Gasteiger partial charge in [0, 0.05) is 10.5 Å². The first-order valence-corrected chi connectivity index (χ1v) is 7.67. The van der Waals surface area contributed by atoms with Gasteiger partial charge < -0.3 is 5.32 Å². The molecule has 0 aromatic heterocycles. The van der Waals surface area contributed by atoms with Gasteiger partial charge in [-0.05, 0) is 30.5 Å². The summed E-state index contributed by atoms with van der Waals surface area (Å²) >= 11 is 3.42. The monoisotopic (exact) mass is 332 g/mol. The molecule has 0 unspecified atom stereocenters. The third-order valence-corrected chi connectivity index (χ3v) is 4.23. The fraction of sp³-hybridized carbons (Fsp3) is 0.375. The minimum atomic E-state index is -0.268. The highest BCUT2D eigenvalue weighted by molar-refractivity contribution is 9.10. The number of carbonyl (C=O) groups is 1. The summed E-state index contributed by atoms with van der Waals surface area (Å²) in [6.07, 6.45) is 7.20. The maximum absolute atomic E-state index is 12.1. The van der Waals surface area contributed by atoms with Crippen LogP contribution in [0, 0.1) is 11.3 Å². The van der Waals surface area contributed by atoms with E-state index in [0.29, 0.717) is 0 Å². The van der Waals surface area contributed by atoms with E-state index >= 15 is 0 Å². The Morgan fingerprint density at radius 1 is 1.30 bits per heavy atom. The number of nitriles is 1. The van der Waals surface area contributed by atoms with Crippen LogP contribution in [0.4, 0.5) is 0 Å². The quantitative estimate of drug-likeness (QED) is 0.676. The maximum Gasteiger partial charge on any atom is 0.262 e. The molecule has 20 heavy (non-hydrogen) atoms. The zero-order chi connectivity index (χ0) is 14.4. The lowest BCUT2D eigenvalue weighted by Gasteiger charge is -2.22. The van der Waals surface area contributed by atoms with Crippen LogP contribution >= 0.6 is 15.9 Å². The van der Waals surface area contributed by atoms with E-state index < -0.39 is 0 Å². The summed E-state index contributed by atoms with van der Waals surface area (Å²) in [6, 6.07) is 9.75. The SMILES string of the molecule is N#C/C(=C/c1ccccc1Br)C(=O)NC1CCCCC1. The zero-order valence-electron chi connectivity index (χ0n) is 11.2. The lowest BCUT2D eigenvalue weighted by molar-refractivity contribution is -0.117. The first-order chi connectivity index (χ1) is 9.70. The summed E-state index contributed by atoms with van der Waals surface area (Å²) < 4.78 is 0.873. The number of nitrogens with one attached hydrogen (secondary N) is 1. The van der Waals surface area contributed by atoms with E-state index in [-0.39, 0.29) is 17.5 Å². The molecule has 1 aromatic carbocycles. The molecule has 0 radical (unpaired) electrons. The predicted octanol–water partition coefficient (Wildman–Crippen LogP) is 3.80. The van der Waals surface area contributed by atoms with Gasteiger partial charge in [-0.3, -0.25) is 4.79 Å². The minimum Gasteiger partial charge on any atom is -0.349 e. The van der Waals surface area contributed by atoms with Crippen LogP contribution in [0.1, 0.15) is 37.7 Å². The summed E-state index contributed by atoms with van der Waals surface area (Å²) in [4.78, 5) is 12.1. The number of halogens is 1. The van der Waals surface area contributed by atoms with Crippen LogP contribution < -0.4 is 5.32 Å². The molecule has 104 valence electrons. The van der Waals surface area contributed by atoms with Gasteiger partial charge in [0.15, 0.2) is 0 Å². The second kappa shape index (κ2) is 7.25. The van der Waals surface area contributed by atoms with E-state index in [1.54, 1.807) is 6.08 Å². The molecule has 1 aromatic rings. The van der Waals surface area contributed by atoms with Gasteiger partial charge in [-0.15, -0.1) is 0 Å². The molecule has 2 rings (SSSR count). The van der Waals surface area contributed by atoms with Crippen molar-refractivity contribution in [2.24, 2.45) is 0 Å². The summed E-state index contributed by atoms with van der Waals surface area (Å²) in [7, 11) is 0. The number of benzene rings is 1. The van der Waals surface area contributed by atoms with Crippen LogP contribution in [0.15, 0.2) is 34.3 Å². The number of amides is 1. The van der Waals surface area contributed by atoms with Crippen LogP contribution in [0.5, 0.6) is 0 Å². The van der Waals surface area contributed by atoms with Gasteiger partial charge in [-0.2, -0.15) is 5.26 Å². The molecule has 1 aliphatic carbocycles. The van der Waals surface area contributed by atoms with Crippen LogP contribution in [0.25, 0.3) is 6.08 Å². The Labute approximate surface area is 127 Å². The van der Waals surface area contributed by atoms with Crippen molar-refractivity contribution < 1.29 is 4.79 Å². The van der Waals surface area contributed by atoms with Crippen molar-refractivity contribution >= 4 is 27.9 Å². The Balaban J connectivity index is 2.09. The third-order valence-electron chi connectivity index (χ3n) is 3.51. The van der Waals surface area contributed by atoms with E-state index in [2.05, 4.69) is 21.2 Å². The summed E-state index contributed by atoms with van der Waals surface area (Å²) in [5, 5.41) is 12.1. The number of hydrogen-bond donors (Lipinski definition) is 1. The Hall–Kier alpha value is -1.60.